The minimum absolute atomic E-state index is 0.796. The minimum atomic E-state index is 0.796. The fourth-order valence-electron chi connectivity index (χ4n) is 2.15. The van der Waals surface area contributed by atoms with Gasteiger partial charge in [0.1, 0.15) is 0 Å². The maximum Gasteiger partial charge on any atom is 0.0834 e. The van der Waals surface area contributed by atoms with Crippen molar-refractivity contribution < 1.29 is 0 Å². The zero-order valence-electron chi connectivity index (χ0n) is 12.1. The van der Waals surface area contributed by atoms with Crippen molar-refractivity contribution in [1.82, 2.24) is 0 Å². The van der Waals surface area contributed by atoms with Crippen molar-refractivity contribution in [2.75, 3.05) is 37.5 Å². The second-order valence-electron chi connectivity index (χ2n) is 5.56. The first-order chi connectivity index (χ1) is 8.36. The van der Waals surface area contributed by atoms with Crippen LogP contribution < -0.4 is 9.80 Å². The monoisotopic (exact) mass is 284 g/mol. The molecule has 4 heteroatoms. The molecule has 0 amide bonds. The molecule has 0 radical (unpaired) electrons. The van der Waals surface area contributed by atoms with Gasteiger partial charge in [0, 0.05) is 27.7 Å². The highest BCUT2D eigenvalue weighted by atomic mass is 32.1. The van der Waals surface area contributed by atoms with Crippen LogP contribution in [-0.4, -0.2) is 27.7 Å². The van der Waals surface area contributed by atoms with Crippen LogP contribution in [-0.2, 0) is 0 Å². The van der Waals surface area contributed by atoms with Gasteiger partial charge in [-0.3, -0.25) is 0 Å². The fourth-order valence-corrected chi connectivity index (χ4v) is 2.88. The second-order valence-corrected chi connectivity index (χ2v) is 6.38. The molecule has 0 spiro atoms. The van der Waals surface area contributed by atoms with Gasteiger partial charge < -0.3 is 9.80 Å². The number of anilines is 2. The van der Waals surface area contributed by atoms with Crippen LogP contribution in [0.25, 0.3) is 0 Å². The molecule has 0 aliphatic rings. The summed E-state index contributed by atoms with van der Waals surface area (Å²) in [5.74, 6) is 0.796. The van der Waals surface area contributed by atoms with E-state index < -0.39 is 0 Å². The van der Waals surface area contributed by atoms with Gasteiger partial charge in [0.15, 0.2) is 0 Å². The Bertz CT molecular complexity index is 456. The molecule has 0 fully saturated rings. The maximum absolute atomic E-state index is 5.35. The molecule has 0 atom stereocenters. The Morgan fingerprint density at radius 2 is 1.50 bits per heavy atom. The molecule has 0 aromatic heterocycles. The molecule has 0 aliphatic carbocycles. The van der Waals surface area contributed by atoms with Gasteiger partial charge in [0.05, 0.1) is 20.4 Å². The van der Waals surface area contributed by atoms with E-state index in [1.165, 1.54) is 19.3 Å². The van der Waals surface area contributed by atoms with Crippen molar-refractivity contribution in [3.8, 4) is 0 Å². The fraction of sp³-hybridized carbons (Fsp3) is 0.714. The lowest BCUT2D eigenvalue weighted by Crippen LogP contribution is -2.25. The van der Waals surface area contributed by atoms with Crippen LogP contribution in [0.4, 0.5) is 11.4 Å². The molecule has 0 bridgehead atoms. The molecule has 0 N–H and O–H groups in total. The first-order valence-electron chi connectivity index (χ1n) is 6.58. The normalized spacial score (nSPS) is 11.2. The molecule has 102 valence electrons. The third-order valence-electron chi connectivity index (χ3n) is 3.21. The van der Waals surface area contributed by atoms with Gasteiger partial charge in [-0.25, -0.2) is 0 Å². The van der Waals surface area contributed by atoms with E-state index in [1.807, 2.05) is 14.1 Å². The number of hydrogen-bond acceptors (Lipinski definition) is 4. The number of unbranched alkanes of at least 4 members (excludes halogenated alkanes) is 1. The van der Waals surface area contributed by atoms with Gasteiger partial charge in [-0.15, -0.1) is 0 Å². The molecule has 1 rings (SSSR count). The summed E-state index contributed by atoms with van der Waals surface area (Å²) in [6, 6.07) is 0. The lowest BCUT2D eigenvalue weighted by Gasteiger charge is -2.29. The quantitative estimate of drug-likeness (QED) is 0.542. The van der Waals surface area contributed by atoms with E-state index in [1.54, 1.807) is 0 Å². The third-order valence-corrected chi connectivity index (χ3v) is 4.14. The Labute approximate surface area is 121 Å². The van der Waals surface area contributed by atoms with E-state index in [4.69, 9.17) is 24.4 Å². The lowest BCUT2D eigenvalue weighted by atomic mass is 10.1. The van der Waals surface area contributed by atoms with Gasteiger partial charge in [-0.1, -0.05) is 51.1 Å². The van der Waals surface area contributed by atoms with Crippen LogP contribution in [0.5, 0.6) is 0 Å². The molecule has 0 aliphatic heterocycles. The minimum Gasteiger partial charge on any atom is -0.375 e. The molecule has 0 saturated carbocycles. The highest BCUT2D eigenvalue weighted by Crippen LogP contribution is 2.37. The van der Waals surface area contributed by atoms with Crippen LogP contribution in [0.3, 0.4) is 0 Å². The van der Waals surface area contributed by atoms with Gasteiger partial charge in [-0.05, 0) is 12.3 Å². The van der Waals surface area contributed by atoms with Gasteiger partial charge in [-0.2, -0.15) is 0 Å². The standard InChI is InChI=1S/C14H24N2S2/c1-10(2)8-6-7-9-16(5)12-11(15(3)4)13(17)14(12)18/h10H,6-9H2,1-5H3. The summed E-state index contributed by atoms with van der Waals surface area (Å²) >= 11 is 10.7. The Kier molecular flexibility index (Phi) is 5.73. The van der Waals surface area contributed by atoms with Gasteiger partial charge in [0.25, 0.3) is 0 Å². The van der Waals surface area contributed by atoms with Gasteiger partial charge in [0.2, 0.25) is 0 Å². The summed E-state index contributed by atoms with van der Waals surface area (Å²) < 4.78 is 1.71. The molecule has 1 aromatic carbocycles. The van der Waals surface area contributed by atoms with E-state index >= 15 is 0 Å². The van der Waals surface area contributed by atoms with E-state index in [2.05, 4.69) is 30.7 Å². The predicted octanol–water partition coefficient (Wildman–Crippen LogP) is 4.35. The highest BCUT2D eigenvalue weighted by Gasteiger charge is 2.19. The lowest BCUT2D eigenvalue weighted by molar-refractivity contribution is 0.538. The number of nitrogens with zero attached hydrogens (tertiary/aromatic N) is 2. The summed E-state index contributed by atoms with van der Waals surface area (Å²) in [5, 5.41) is 0. The van der Waals surface area contributed by atoms with Crippen LogP contribution in [0.2, 0.25) is 0 Å². The SMILES string of the molecule is CC(C)CCCCN(C)c1c(N(C)C)c(=S)c1=S. The van der Waals surface area contributed by atoms with E-state index in [9.17, 15) is 0 Å². The third kappa shape index (κ3) is 3.51. The maximum atomic E-state index is 5.35. The average molecular weight is 284 g/mol. The summed E-state index contributed by atoms with van der Waals surface area (Å²) in [6.45, 7) is 5.61. The predicted molar refractivity (Wildman–Crippen MR) is 86.8 cm³/mol. The topological polar surface area (TPSA) is 6.48 Å². The molecule has 0 heterocycles. The Balaban J connectivity index is 2.57. The largest absolute Gasteiger partial charge is 0.375 e. The Morgan fingerprint density at radius 1 is 0.944 bits per heavy atom. The highest BCUT2D eigenvalue weighted by molar-refractivity contribution is 7.74. The first-order valence-corrected chi connectivity index (χ1v) is 7.39. The van der Waals surface area contributed by atoms with Gasteiger partial charge >= 0.3 is 0 Å². The molecule has 18 heavy (non-hydrogen) atoms. The Morgan fingerprint density at radius 3 is 2.00 bits per heavy atom. The van der Waals surface area contributed by atoms with E-state index in [0.29, 0.717) is 0 Å². The molecular formula is C14H24N2S2. The van der Waals surface area contributed by atoms with E-state index in [-0.39, 0.29) is 0 Å². The van der Waals surface area contributed by atoms with Crippen molar-refractivity contribution in [2.45, 2.75) is 33.1 Å². The van der Waals surface area contributed by atoms with Crippen molar-refractivity contribution >= 4 is 35.8 Å². The molecule has 0 saturated heterocycles. The smallest absolute Gasteiger partial charge is 0.0834 e. The summed E-state index contributed by atoms with van der Waals surface area (Å²) in [7, 11) is 6.16. The zero-order valence-corrected chi connectivity index (χ0v) is 13.7. The number of rotatable bonds is 7. The first kappa shape index (κ1) is 15.6. The summed E-state index contributed by atoms with van der Waals surface area (Å²) in [6.07, 6.45) is 3.80. The molecule has 0 unspecified atom stereocenters. The van der Waals surface area contributed by atoms with Crippen molar-refractivity contribution in [3.05, 3.63) is 9.02 Å². The van der Waals surface area contributed by atoms with E-state index in [0.717, 1.165) is 32.9 Å². The van der Waals surface area contributed by atoms with Crippen molar-refractivity contribution in [1.29, 1.82) is 0 Å². The zero-order chi connectivity index (χ0) is 13.9. The van der Waals surface area contributed by atoms with Crippen LogP contribution in [0.1, 0.15) is 33.1 Å². The Hall–Kier alpha value is -0.480. The van der Waals surface area contributed by atoms with Crippen molar-refractivity contribution in [2.24, 2.45) is 5.92 Å². The average Bonchev–Trinajstić information content (AvgIpc) is 2.28. The molecular weight excluding hydrogens is 260 g/mol. The van der Waals surface area contributed by atoms with Crippen LogP contribution >= 0.6 is 24.4 Å². The summed E-state index contributed by atoms with van der Waals surface area (Å²) in [4.78, 5) is 4.33. The van der Waals surface area contributed by atoms with Crippen molar-refractivity contribution in [3.63, 3.8) is 0 Å². The number of hydrogen-bond donors (Lipinski definition) is 0. The summed E-state index contributed by atoms with van der Waals surface area (Å²) in [5.41, 5.74) is 2.28. The van der Waals surface area contributed by atoms with Crippen LogP contribution in [0, 0.1) is 14.9 Å². The molecule has 2 nitrogen and oxygen atoms in total. The second kappa shape index (κ2) is 6.62. The molecule has 1 aromatic rings. The van der Waals surface area contributed by atoms with Crippen LogP contribution in [0.15, 0.2) is 0 Å².